The highest BCUT2D eigenvalue weighted by atomic mass is 31.1. The first-order valence-electron chi connectivity index (χ1n) is 6.96. The van der Waals surface area contributed by atoms with E-state index in [9.17, 15) is 9.67 Å². The monoisotopic (exact) mass is 316 g/mol. The Hall–Kier alpha value is -1.16. The summed E-state index contributed by atoms with van der Waals surface area (Å²) in [5, 5.41) is 9.80. The normalized spacial score (nSPS) is 10.8. The molecule has 0 spiro atoms. The van der Waals surface area contributed by atoms with Crippen LogP contribution in [0.2, 0.25) is 0 Å². The van der Waals surface area contributed by atoms with Gasteiger partial charge in [-0.1, -0.05) is 20.8 Å². The average molecular weight is 316 g/mol. The summed E-state index contributed by atoms with van der Waals surface area (Å²) >= 11 is 0. The van der Waals surface area contributed by atoms with E-state index in [1.807, 2.05) is 13.0 Å². The summed E-state index contributed by atoms with van der Waals surface area (Å²) in [5.41, 5.74) is 8.10. The molecule has 5 nitrogen and oxygen atoms in total. The van der Waals surface area contributed by atoms with Gasteiger partial charge >= 0.3 is 8.25 Å². The molecule has 0 unspecified atom stereocenters. The second kappa shape index (κ2) is 8.98. The number of benzene rings is 1. The zero-order valence-corrected chi connectivity index (χ0v) is 14.7. The minimum Gasteiger partial charge on any atom is -0.507 e. The van der Waals surface area contributed by atoms with Crippen LogP contribution in [-0.4, -0.2) is 18.3 Å². The fraction of sp³-hybridized carbons (Fsp3) is 0.600. The predicted octanol–water partition coefficient (Wildman–Crippen LogP) is 4.30. The van der Waals surface area contributed by atoms with E-state index in [1.165, 1.54) is 0 Å². The zero-order valence-electron chi connectivity index (χ0n) is 13.8. The number of aryl methyl sites for hydroxylation is 1. The van der Waals surface area contributed by atoms with Crippen LogP contribution in [-0.2, 0) is 19.0 Å². The van der Waals surface area contributed by atoms with E-state index >= 15 is 0 Å². The molecule has 6 heteroatoms. The highest BCUT2D eigenvalue weighted by Gasteiger charge is 2.19. The number of phenolic OH excluding ortho intramolecular Hbond substituents is 1. The molecule has 0 aliphatic rings. The van der Waals surface area contributed by atoms with Crippen molar-refractivity contribution in [3.8, 4) is 5.75 Å². The van der Waals surface area contributed by atoms with Gasteiger partial charge in [0.1, 0.15) is 19.0 Å². The number of nitrogens with two attached hydrogens (primary N) is 1. The summed E-state index contributed by atoms with van der Waals surface area (Å²) in [6.45, 7) is 12.5. The van der Waals surface area contributed by atoms with Crippen molar-refractivity contribution in [1.82, 2.24) is 0 Å². The zero-order chi connectivity index (χ0) is 16.6. The Labute approximate surface area is 128 Å². The quantitative estimate of drug-likeness (QED) is 0.492. The molecule has 0 aromatic heterocycles. The molecule has 0 radical (unpaired) electrons. The summed E-state index contributed by atoms with van der Waals surface area (Å²) in [7, 11) is -1.83. The highest BCUT2D eigenvalue weighted by Crippen LogP contribution is 2.34. The molecule has 1 aromatic carbocycles. The van der Waals surface area contributed by atoms with E-state index in [0.717, 1.165) is 11.1 Å². The molecule has 0 atom stereocenters. The molecule has 3 N–H and O–H groups in total. The molecule has 0 heterocycles. The maximum Gasteiger partial charge on any atom is 0.697 e. The van der Waals surface area contributed by atoms with Crippen LogP contribution in [0.3, 0.4) is 0 Å². The topological polar surface area (TPSA) is 81.8 Å². The van der Waals surface area contributed by atoms with Crippen molar-refractivity contribution in [2.75, 3.05) is 18.9 Å². The molecule has 0 saturated heterocycles. The third-order valence-electron chi connectivity index (χ3n) is 2.60. The van der Waals surface area contributed by atoms with Crippen LogP contribution >= 0.6 is 8.25 Å². The van der Waals surface area contributed by atoms with Crippen LogP contribution in [0.15, 0.2) is 12.1 Å². The minimum absolute atomic E-state index is 0.0653. The Morgan fingerprint density at radius 1 is 1.19 bits per heavy atom. The van der Waals surface area contributed by atoms with Gasteiger partial charge in [0.2, 0.25) is 0 Å². The summed E-state index contributed by atoms with van der Waals surface area (Å²) < 4.78 is 19.5. The van der Waals surface area contributed by atoms with Crippen molar-refractivity contribution in [3.63, 3.8) is 0 Å². The lowest BCUT2D eigenvalue weighted by Crippen LogP contribution is -2.12. The van der Waals surface area contributed by atoms with E-state index in [2.05, 4.69) is 29.8 Å². The van der Waals surface area contributed by atoms with Crippen molar-refractivity contribution in [2.45, 2.75) is 47.0 Å². The highest BCUT2D eigenvalue weighted by molar-refractivity contribution is 7.33. The van der Waals surface area contributed by atoms with Crippen molar-refractivity contribution in [3.05, 3.63) is 23.3 Å². The Bertz CT molecular complexity index is 461. The van der Waals surface area contributed by atoms with Crippen molar-refractivity contribution in [1.29, 1.82) is 0 Å². The van der Waals surface area contributed by atoms with Gasteiger partial charge in [0, 0.05) is 15.8 Å². The van der Waals surface area contributed by atoms with Crippen molar-refractivity contribution >= 4 is 13.9 Å². The largest absolute Gasteiger partial charge is 0.697 e. The van der Waals surface area contributed by atoms with E-state index < -0.39 is 8.25 Å². The summed E-state index contributed by atoms with van der Waals surface area (Å²) in [5.74, 6) is 0.363. The standard InChI is InChI=1S/C11H17NO.C4H10O3P/c1-7-5-8(12)6-9(10(7)13)11(2,3)4;1-3-6-8(5)7-4-2/h5-6,13H,12H2,1-4H3;3-4H2,1-2H3/q;+1. The number of anilines is 1. The summed E-state index contributed by atoms with van der Waals surface area (Å²) in [6, 6.07) is 3.62. The van der Waals surface area contributed by atoms with Gasteiger partial charge < -0.3 is 10.8 Å². The van der Waals surface area contributed by atoms with Crippen LogP contribution in [0.25, 0.3) is 0 Å². The van der Waals surface area contributed by atoms with Gasteiger partial charge in [0.05, 0.1) is 0 Å². The predicted molar refractivity (Wildman–Crippen MR) is 86.8 cm³/mol. The lowest BCUT2D eigenvalue weighted by molar-refractivity contribution is 0.243. The van der Waals surface area contributed by atoms with Crippen LogP contribution in [0, 0.1) is 6.92 Å². The van der Waals surface area contributed by atoms with Gasteiger partial charge in [-0.15, -0.1) is 9.05 Å². The van der Waals surface area contributed by atoms with Gasteiger partial charge in [-0.05, 0) is 43.9 Å². The summed E-state index contributed by atoms with van der Waals surface area (Å²) in [6.07, 6.45) is 0. The average Bonchev–Trinajstić information content (AvgIpc) is 2.34. The van der Waals surface area contributed by atoms with Crippen LogP contribution in [0.4, 0.5) is 5.69 Å². The maximum atomic E-state index is 10.3. The van der Waals surface area contributed by atoms with Gasteiger partial charge in [-0.3, -0.25) is 0 Å². The van der Waals surface area contributed by atoms with E-state index in [-0.39, 0.29) is 5.41 Å². The molecule has 0 saturated carbocycles. The number of hydrogen-bond donors (Lipinski definition) is 2. The fourth-order valence-electron chi connectivity index (χ4n) is 1.63. The Kier molecular flexibility index (Phi) is 8.48. The number of hydrogen-bond acceptors (Lipinski definition) is 5. The van der Waals surface area contributed by atoms with Crippen molar-refractivity contribution in [2.24, 2.45) is 0 Å². The molecule has 0 amide bonds. The van der Waals surface area contributed by atoms with Crippen LogP contribution < -0.4 is 5.73 Å². The molecule has 120 valence electrons. The number of aromatic hydroxyl groups is 1. The molecule has 0 bridgehead atoms. The number of rotatable bonds is 4. The fourth-order valence-corrected chi connectivity index (χ4v) is 2.12. The number of phenols is 1. The van der Waals surface area contributed by atoms with Gasteiger partial charge in [0.25, 0.3) is 0 Å². The van der Waals surface area contributed by atoms with E-state index in [0.29, 0.717) is 24.7 Å². The lowest BCUT2D eigenvalue weighted by Gasteiger charge is -2.21. The molecule has 0 aliphatic heterocycles. The van der Waals surface area contributed by atoms with E-state index in [1.54, 1.807) is 19.9 Å². The SMILES string of the molecule is CCO[P+](=O)OCC.Cc1cc(N)cc(C(C)(C)C)c1O. The first-order chi connectivity index (χ1) is 9.63. The minimum atomic E-state index is -1.83. The molecular formula is C15H27NO4P+. The second-order valence-electron chi connectivity index (χ2n) is 5.54. The first kappa shape index (κ1) is 19.8. The molecule has 21 heavy (non-hydrogen) atoms. The van der Waals surface area contributed by atoms with Crippen molar-refractivity contribution < 1.29 is 18.7 Å². The third-order valence-corrected chi connectivity index (χ3v) is 3.54. The molecule has 1 rings (SSSR count). The first-order valence-corrected chi connectivity index (χ1v) is 8.05. The van der Waals surface area contributed by atoms with Crippen LogP contribution in [0.5, 0.6) is 5.75 Å². The molecule has 0 fully saturated rings. The lowest BCUT2D eigenvalue weighted by atomic mass is 9.85. The van der Waals surface area contributed by atoms with Gasteiger partial charge in [-0.2, -0.15) is 0 Å². The Balaban J connectivity index is 0.000000433. The van der Waals surface area contributed by atoms with E-state index in [4.69, 9.17) is 5.73 Å². The molecular weight excluding hydrogens is 289 g/mol. The van der Waals surface area contributed by atoms with Gasteiger partial charge in [0.15, 0.2) is 0 Å². The second-order valence-corrected chi connectivity index (χ2v) is 6.51. The number of nitrogen functional groups attached to an aromatic ring is 1. The summed E-state index contributed by atoms with van der Waals surface area (Å²) in [4.78, 5) is 0. The molecule has 1 aromatic rings. The maximum absolute atomic E-state index is 10.3. The molecule has 0 aliphatic carbocycles. The Morgan fingerprint density at radius 3 is 2.05 bits per heavy atom. The van der Waals surface area contributed by atoms with Gasteiger partial charge in [-0.25, -0.2) is 0 Å². The van der Waals surface area contributed by atoms with Crippen LogP contribution in [0.1, 0.15) is 45.7 Å². The third kappa shape index (κ3) is 7.42. The smallest absolute Gasteiger partial charge is 0.507 e. The Morgan fingerprint density at radius 2 is 1.67 bits per heavy atom.